The van der Waals surface area contributed by atoms with Gasteiger partial charge in [-0.15, -0.1) is 0 Å². The van der Waals surface area contributed by atoms with Crippen molar-refractivity contribution < 1.29 is 22.8 Å². The van der Waals surface area contributed by atoms with E-state index in [4.69, 9.17) is 11.6 Å². The number of fused-ring (bicyclic) bond motifs is 1. The van der Waals surface area contributed by atoms with Crippen LogP contribution < -0.4 is 5.32 Å². The van der Waals surface area contributed by atoms with Gasteiger partial charge >= 0.3 is 0 Å². The number of hydrogen-bond acceptors (Lipinski definition) is 2. The lowest BCUT2D eigenvalue weighted by molar-refractivity contribution is -0.125. The fourth-order valence-electron chi connectivity index (χ4n) is 3.65. The topological polar surface area (TPSA) is 49.4 Å². The molecule has 8 heteroatoms. The number of nitrogens with zero attached hydrogens (tertiary/aromatic N) is 1. The summed E-state index contributed by atoms with van der Waals surface area (Å²) in [4.78, 5) is 27.2. The summed E-state index contributed by atoms with van der Waals surface area (Å²) in [6.07, 6.45) is -2.66. The summed E-state index contributed by atoms with van der Waals surface area (Å²) in [5, 5.41) is 3.19. The monoisotopic (exact) mass is 438 g/mol. The normalized spacial score (nSPS) is 16.7. The fraction of sp³-hybridized carbons (Fsp3) is 0.364. The van der Waals surface area contributed by atoms with Crippen molar-refractivity contribution in [1.29, 1.82) is 0 Å². The molecule has 0 radical (unpaired) electrons. The molecule has 4 nitrogen and oxygen atoms in total. The van der Waals surface area contributed by atoms with Gasteiger partial charge in [-0.3, -0.25) is 9.59 Å². The van der Waals surface area contributed by atoms with E-state index in [0.29, 0.717) is 5.02 Å². The Kier molecular flexibility index (Phi) is 7.02. The lowest BCUT2D eigenvalue weighted by atomic mass is 9.99. The molecule has 30 heavy (non-hydrogen) atoms. The summed E-state index contributed by atoms with van der Waals surface area (Å²) in [5.41, 5.74) is 1.09. The molecule has 0 aromatic heterocycles. The molecule has 1 heterocycles. The highest BCUT2D eigenvalue weighted by atomic mass is 35.5. The largest absolute Gasteiger partial charge is 0.354 e. The van der Waals surface area contributed by atoms with Crippen LogP contribution in [-0.2, 0) is 4.79 Å². The van der Waals surface area contributed by atoms with Crippen LogP contribution in [0.5, 0.6) is 0 Å². The van der Waals surface area contributed by atoms with Crippen molar-refractivity contribution in [3.05, 3.63) is 70.0 Å². The van der Waals surface area contributed by atoms with E-state index in [9.17, 15) is 22.8 Å². The van der Waals surface area contributed by atoms with Crippen LogP contribution >= 0.6 is 11.6 Å². The number of benzene rings is 2. The summed E-state index contributed by atoms with van der Waals surface area (Å²) in [5.74, 6) is -1.89. The summed E-state index contributed by atoms with van der Waals surface area (Å²) in [6.45, 7) is 2.14. The Labute approximate surface area is 178 Å². The maximum atomic E-state index is 14.4. The molecule has 2 aromatic rings. The quantitative estimate of drug-likeness (QED) is 0.593. The molecule has 0 spiro atoms. The molecule has 2 atom stereocenters. The molecule has 0 saturated carbocycles. The zero-order valence-corrected chi connectivity index (χ0v) is 17.1. The van der Waals surface area contributed by atoms with Crippen molar-refractivity contribution in [3.63, 3.8) is 0 Å². The van der Waals surface area contributed by atoms with Gasteiger partial charge < -0.3 is 10.2 Å². The van der Waals surface area contributed by atoms with Crippen molar-refractivity contribution in [2.75, 3.05) is 13.1 Å². The Morgan fingerprint density at radius 3 is 2.57 bits per heavy atom. The number of halogens is 4. The van der Waals surface area contributed by atoms with E-state index in [0.717, 1.165) is 5.56 Å². The molecule has 2 amide bonds. The third kappa shape index (κ3) is 4.78. The van der Waals surface area contributed by atoms with Crippen molar-refractivity contribution in [3.8, 4) is 0 Å². The van der Waals surface area contributed by atoms with E-state index >= 15 is 0 Å². The standard InChI is InChI=1S/C22H22ClF3N2O2/c1-13(14-7-9-15(23)10-8-14)12-28-20(21(29)27-11-3-6-18(25)26)16-4-2-5-17(24)19(16)22(28)30/h2,4-5,7-10,13,18,20H,3,6,11-12H2,1H3,(H,27,29). The van der Waals surface area contributed by atoms with Crippen molar-refractivity contribution in [1.82, 2.24) is 10.2 Å². The minimum Gasteiger partial charge on any atom is -0.354 e. The molecule has 1 aliphatic rings. The van der Waals surface area contributed by atoms with E-state index in [1.807, 2.05) is 19.1 Å². The number of rotatable bonds is 8. The molecule has 3 rings (SSSR count). The van der Waals surface area contributed by atoms with Crippen LogP contribution in [0.2, 0.25) is 5.02 Å². The van der Waals surface area contributed by atoms with Gasteiger partial charge in [0.15, 0.2) is 0 Å². The minimum atomic E-state index is -2.44. The van der Waals surface area contributed by atoms with Crippen LogP contribution in [0.4, 0.5) is 13.2 Å². The van der Waals surface area contributed by atoms with Gasteiger partial charge in [-0.1, -0.05) is 42.8 Å². The van der Waals surface area contributed by atoms with Crippen LogP contribution in [0.15, 0.2) is 42.5 Å². The van der Waals surface area contributed by atoms with Gasteiger partial charge in [0.25, 0.3) is 5.91 Å². The molecule has 160 valence electrons. The number of alkyl halides is 2. The highest BCUT2D eigenvalue weighted by Crippen LogP contribution is 2.37. The Hall–Kier alpha value is -2.54. The molecule has 0 bridgehead atoms. The summed E-state index contributed by atoms with van der Waals surface area (Å²) < 4.78 is 39.0. The van der Waals surface area contributed by atoms with Crippen LogP contribution in [-0.4, -0.2) is 36.2 Å². The maximum absolute atomic E-state index is 14.4. The molecule has 2 unspecified atom stereocenters. The van der Waals surface area contributed by atoms with Crippen LogP contribution in [0.25, 0.3) is 0 Å². The summed E-state index contributed by atoms with van der Waals surface area (Å²) in [7, 11) is 0. The zero-order chi connectivity index (χ0) is 21.8. The van der Waals surface area contributed by atoms with Crippen molar-refractivity contribution >= 4 is 23.4 Å². The second-order valence-electron chi connectivity index (χ2n) is 7.34. The first-order chi connectivity index (χ1) is 14.3. The second kappa shape index (κ2) is 9.51. The molecular weight excluding hydrogens is 417 g/mol. The Balaban J connectivity index is 1.82. The predicted molar refractivity (Wildman–Crippen MR) is 108 cm³/mol. The number of carbonyl (C=O) groups is 2. The lowest BCUT2D eigenvalue weighted by Gasteiger charge is -2.27. The minimum absolute atomic E-state index is 0.0547. The Morgan fingerprint density at radius 2 is 1.90 bits per heavy atom. The molecular formula is C22H22ClF3N2O2. The van der Waals surface area contributed by atoms with Gasteiger partial charge in [-0.25, -0.2) is 13.2 Å². The SMILES string of the molecule is CC(CN1C(=O)c2c(F)cccc2C1C(=O)NCCCC(F)F)c1ccc(Cl)cc1. The van der Waals surface area contributed by atoms with Crippen LogP contribution in [0, 0.1) is 5.82 Å². The highest BCUT2D eigenvalue weighted by Gasteiger charge is 2.43. The van der Waals surface area contributed by atoms with Gasteiger partial charge in [0.05, 0.1) is 5.56 Å². The van der Waals surface area contributed by atoms with E-state index < -0.39 is 30.1 Å². The summed E-state index contributed by atoms with van der Waals surface area (Å²) >= 11 is 5.93. The van der Waals surface area contributed by atoms with E-state index in [-0.39, 0.29) is 43.0 Å². The third-order valence-corrected chi connectivity index (χ3v) is 5.44. The molecule has 2 aromatic carbocycles. The Morgan fingerprint density at radius 1 is 1.20 bits per heavy atom. The van der Waals surface area contributed by atoms with Crippen LogP contribution in [0.3, 0.4) is 0 Å². The first kappa shape index (κ1) is 22.2. The van der Waals surface area contributed by atoms with Crippen LogP contribution in [0.1, 0.15) is 53.2 Å². The maximum Gasteiger partial charge on any atom is 0.258 e. The van der Waals surface area contributed by atoms with Gasteiger partial charge in [0.2, 0.25) is 12.3 Å². The highest BCUT2D eigenvalue weighted by molar-refractivity contribution is 6.30. The number of amides is 2. The van der Waals surface area contributed by atoms with E-state index in [2.05, 4.69) is 5.32 Å². The third-order valence-electron chi connectivity index (χ3n) is 5.18. The lowest BCUT2D eigenvalue weighted by Crippen LogP contribution is -2.41. The molecule has 0 fully saturated rings. The fourth-order valence-corrected chi connectivity index (χ4v) is 3.78. The first-order valence-electron chi connectivity index (χ1n) is 9.70. The van der Waals surface area contributed by atoms with Gasteiger partial charge in [-0.2, -0.15) is 0 Å². The molecule has 0 saturated heterocycles. The van der Waals surface area contributed by atoms with Crippen molar-refractivity contribution in [2.24, 2.45) is 0 Å². The van der Waals surface area contributed by atoms with Gasteiger partial charge in [0, 0.05) is 24.5 Å². The number of nitrogens with one attached hydrogen (secondary N) is 1. The molecule has 1 aliphatic heterocycles. The van der Waals surface area contributed by atoms with E-state index in [1.54, 1.807) is 18.2 Å². The zero-order valence-electron chi connectivity index (χ0n) is 16.4. The van der Waals surface area contributed by atoms with Gasteiger partial charge in [-0.05, 0) is 41.7 Å². The molecule has 1 N–H and O–H groups in total. The van der Waals surface area contributed by atoms with Crippen molar-refractivity contribution in [2.45, 2.75) is 38.2 Å². The average molecular weight is 439 g/mol. The summed E-state index contributed by atoms with van der Waals surface area (Å²) in [6, 6.07) is 10.3. The average Bonchev–Trinajstić information content (AvgIpc) is 2.98. The smallest absolute Gasteiger partial charge is 0.258 e. The number of carbonyl (C=O) groups excluding carboxylic acids is 2. The Bertz CT molecular complexity index is 921. The molecule has 0 aliphatic carbocycles. The van der Waals surface area contributed by atoms with E-state index in [1.165, 1.54) is 17.0 Å². The predicted octanol–water partition coefficient (Wildman–Crippen LogP) is 4.94. The first-order valence-corrected chi connectivity index (χ1v) is 10.1. The number of hydrogen-bond donors (Lipinski definition) is 1. The van der Waals surface area contributed by atoms with Gasteiger partial charge in [0.1, 0.15) is 11.9 Å². The second-order valence-corrected chi connectivity index (χ2v) is 7.78.